The van der Waals surface area contributed by atoms with Gasteiger partial charge in [-0.15, -0.1) is 0 Å². The minimum atomic E-state index is 0.0735. The Morgan fingerprint density at radius 2 is 1.26 bits per heavy atom. The first-order valence-corrected chi connectivity index (χ1v) is 13.0. The van der Waals surface area contributed by atoms with Crippen molar-refractivity contribution < 1.29 is 14.3 Å². The van der Waals surface area contributed by atoms with Crippen LogP contribution in [-0.2, 0) is 31.0 Å². The Morgan fingerprint density at radius 3 is 1.84 bits per heavy atom. The highest BCUT2D eigenvalue weighted by Crippen LogP contribution is 2.31. The average molecular weight is 506 g/mol. The third-order valence-electron chi connectivity index (χ3n) is 6.26. The molecule has 0 saturated heterocycles. The molecule has 0 bridgehead atoms. The molecule has 194 valence electrons. The zero-order valence-corrected chi connectivity index (χ0v) is 22.2. The normalized spacial score (nSPS) is 11.2. The highest BCUT2D eigenvalue weighted by atomic mass is 16.5. The molecule has 4 nitrogen and oxygen atoms in total. The van der Waals surface area contributed by atoms with Crippen molar-refractivity contribution >= 4 is 5.78 Å². The lowest BCUT2D eigenvalue weighted by Gasteiger charge is -2.16. The molecule has 0 aliphatic heterocycles. The van der Waals surface area contributed by atoms with Crippen LogP contribution in [0.15, 0.2) is 115 Å². The summed E-state index contributed by atoms with van der Waals surface area (Å²) in [5, 5.41) is 3.32. The predicted octanol–water partition coefficient (Wildman–Crippen LogP) is 7.35. The maximum Gasteiger partial charge on any atom is 0.157 e. The molecule has 0 spiro atoms. The van der Waals surface area contributed by atoms with Crippen LogP contribution in [0, 0.1) is 6.92 Å². The first kappa shape index (κ1) is 26.7. The molecule has 4 aromatic carbocycles. The maximum absolute atomic E-state index is 12.8. The van der Waals surface area contributed by atoms with Crippen molar-refractivity contribution in [2.75, 3.05) is 0 Å². The molecule has 0 fully saturated rings. The molecule has 1 N–H and O–H groups in total. The Bertz CT molecular complexity index is 1330. The lowest BCUT2D eigenvalue weighted by molar-refractivity contribution is -0.114. The lowest BCUT2D eigenvalue weighted by atomic mass is 10.0. The number of carbonyl (C=O) groups excluding carboxylic acids is 1. The van der Waals surface area contributed by atoms with Gasteiger partial charge in [-0.1, -0.05) is 91.0 Å². The van der Waals surface area contributed by atoms with Gasteiger partial charge < -0.3 is 14.8 Å². The number of nitrogens with one attached hydrogen (secondary N) is 1. The van der Waals surface area contributed by atoms with E-state index in [0.29, 0.717) is 32.6 Å². The van der Waals surface area contributed by atoms with E-state index in [4.69, 9.17) is 9.47 Å². The standard InChI is InChI=1S/C34H35NO3/c1-26-20-34(38-25-30-16-10-5-11-17-30)31(22-33(26)37-24-29-14-8-4-9-15-29)18-19-32(36)21-27(2)35-23-28-12-6-3-7-13-28/h3-17,20-22,35H,18-19,23-25H2,1-2H3/b27-21-. The van der Waals surface area contributed by atoms with Crippen LogP contribution in [0.5, 0.6) is 11.5 Å². The summed E-state index contributed by atoms with van der Waals surface area (Å²) in [7, 11) is 0. The monoisotopic (exact) mass is 505 g/mol. The number of ketones is 1. The second-order valence-corrected chi connectivity index (χ2v) is 9.41. The fourth-order valence-corrected chi connectivity index (χ4v) is 4.12. The SMILES string of the molecule is C/C(=C/C(=O)CCc1cc(OCc2ccccc2)c(C)cc1OCc1ccccc1)NCc1ccccc1. The number of hydrogen-bond donors (Lipinski definition) is 1. The van der Waals surface area contributed by atoms with Gasteiger partial charge in [0.1, 0.15) is 24.7 Å². The quantitative estimate of drug-likeness (QED) is 0.193. The topological polar surface area (TPSA) is 47.6 Å². The van der Waals surface area contributed by atoms with E-state index in [1.807, 2.05) is 105 Å². The van der Waals surface area contributed by atoms with Gasteiger partial charge in [0.25, 0.3) is 0 Å². The summed E-state index contributed by atoms with van der Waals surface area (Å²) >= 11 is 0. The Labute approximate surface area is 226 Å². The minimum absolute atomic E-state index is 0.0735. The van der Waals surface area contributed by atoms with E-state index in [0.717, 1.165) is 39.4 Å². The van der Waals surface area contributed by atoms with Gasteiger partial charge in [-0.2, -0.15) is 0 Å². The second-order valence-electron chi connectivity index (χ2n) is 9.41. The smallest absolute Gasteiger partial charge is 0.157 e. The van der Waals surface area contributed by atoms with E-state index in [1.54, 1.807) is 6.08 Å². The molecule has 0 aliphatic rings. The molecule has 0 aromatic heterocycles. The van der Waals surface area contributed by atoms with Crippen LogP contribution in [0.2, 0.25) is 0 Å². The molecule has 0 heterocycles. The number of rotatable bonds is 13. The molecular weight excluding hydrogens is 470 g/mol. The van der Waals surface area contributed by atoms with Crippen LogP contribution in [0.25, 0.3) is 0 Å². The molecule has 0 saturated carbocycles. The van der Waals surface area contributed by atoms with Crippen molar-refractivity contribution in [3.8, 4) is 11.5 Å². The summed E-state index contributed by atoms with van der Waals surface area (Å²) in [4.78, 5) is 12.8. The van der Waals surface area contributed by atoms with Crippen LogP contribution >= 0.6 is 0 Å². The van der Waals surface area contributed by atoms with Gasteiger partial charge >= 0.3 is 0 Å². The lowest BCUT2D eigenvalue weighted by Crippen LogP contribution is -2.12. The molecule has 0 radical (unpaired) electrons. The van der Waals surface area contributed by atoms with Gasteiger partial charge in [0.05, 0.1) is 0 Å². The molecular formula is C34H35NO3. The predicted molar refractivity (Wildman–Crippen MR) is 153 cm³/mol. The van der Waals surface area contributed by atoms with E-state index in [1.165, 1.54) is 5.56 Å². The maximum atomic E-state index is 12.8. The second kappa shape index (κ2) is 13.8. The molecule has 0 amide bonds. The van der Waals surface area contributed by atoms with Crippen LogP contribution < -0.4 is 14.8 Å². The molecule has 4 rings (SSSR count). The Balaban J connectivity index is 1.43. The number of benzene rings is 4. The Hall–Kier alpha value is -4.31. The number of ether oxygens (including phenoxy) is 2. The van der Waals surface area contributed by atoms with Crippen LogP contribution in [0.3, 0.4) is 0 Å². The third-order valence-corrected chi connectivity index (χ3v) is 6.26. The molecule has 4 aromatic rings. The highest BCUT2D eigenvalue weighted by molar-refractivity contribution is 5.90. The van der Waals surface area contributed by atoms with Gasteiger partial charge in [0, 0.05) is 18.7 Å². The van der Waals surface area contributed by atoms with Gasteiger partial charge in [-0.3, -0.25) is 4.79 Å². The van der Waals surface area contributed by atoms with E-state index in [9.17, 15) is 4.79 Å². The van der Waals surface area contributed by atoms with Crippen molar-refractivity contribution in [1.82, 2.24) is 5.32 Å². The number of carbonyl (C=O) groups is 1. The number of allylic oxidation sites excluding steroid dienone is 2. The summed E-state index contributed by atoms with van der Waals surface area (Å²) in [6.45, 7) is 5.59. The fourth-order valence-electron chi connectivity index (χ4n) is 4.12. The van der Waals surface area contributed by atoms with Gasteiger partial charge in [-0.05, 0) is 66.3 Å². The van der Waals surface area contributed by atoms with E-state index >= 15 is 0 Å². The molecule has 0 aliphatic carbocycles. The first-order chi connectivity index (χ1) is 18.6. The Morgan fingerprint density at radius 1 is 0.737 bits per heavy atom. The molecule has 0 unspecified atom stereocenters. The zero-order chi connectivity index (χ0) is 26.6. The molecule has 38 heavy (non-hydrogen) atoms. The van der Waals surface area contributed by atoms with Crippen LogP contribution in [-0.4, -0.2) is 5.78 Å². The number of aryl methyl sites for hydroxylation is 2. The van der Waals surface area contributed by atoms with Gasteiger partial charge in [-0.25, -0.2) is 0 Å². The van der Waals surface area contributed by atoms with Crippen molar-refractivity contribution in [3.05, 3.63) is 143 Å². The zero-order valence-electron chi connectivity index (χ0n) is 22.2. The van der Waals surface area contributed by atoms with Crippen molar-refractivity contribution in [2.24, 2.45) is 0 Å². The van der Waals surface area contributed by atoms with E-state index in [-0.39, 0.29) is 5.78 Å². The van der Waals surface area contributed by atoms with Crippen molar-refractivity contribution in [2.45, 2.75) is 46.4 Å². The molecule has 0 atom stereocenters. The summed E-state index contributed by atoms with van der Waals surface area (Å²) in [5.41, 5.74) is 6.20. The summed E-state index contributed by atoms with van der Waals surface area (Å²) in [6.07, 6.45) is 2.63. The minimum Gasteiger partial charge on any atom is -0.489 e. The van der Waals surface area contributed by atoms with E-state index < -0.39 is 0 Å². The summed E-state index contributed by atoms with van der Waals surface area (Å²) < 4.78 is 12.4. The van der Waals surface area contributed by atoms with Crippen LogP contribution in [0.4, 0.5) is 0 Å². The van der Waals surface area contributed by atoms with Crippen molar-refractivity contribution in [3.63, 3.8) is 0 Å². The summed E-state index contributed by atoms with van der Waals surface area (Å²) in [6, 6.07) is 34.4. The van der Waals surface area contributed by atoms with Crippen molar-refractivity contribution in [1.29, 1.82) is 0 Å². The van der Waals surface area contributed by atoms with E-state index in [2.05, 4.69) is 17.4 Å². The van der Waals surface area contributed by atoms with Crippen LogP contribution in [0.1, 0.15) is 41.2 Å². The number of hydrogen-bond acceptors (Lipinski definition) is 4. The first-order valence-electron chi connectivity index (χ1n) is 13.0. The summed E-state index contributed by atoms with van der Waals surface area (Å²) in [5.74, 6) is 1.66. The largest absolute Gasteiger partial charge is 0.489 e. The average Bonchev–Trinajstić information content (AvgIpc) is 2.95. The third kappa shape index (κ3) is 8.38. The van der Waals surface area contributed by atoms with Gasteiger partial charge in [0.15, 0.2) is 5.78 Å². The molecule has 4 heteroatoms. The Kier molecular flexibility index (Phi) is 9.75. The fraction of sp³-hybridized carbons (Fsp3) is 0.206. The highest BCUT2D eigenvalue weighted by Gasteiger charge is 2.12. The van der Waals surface area contributed by atoms with Gasteiger partial charge in [0.2, 0.25) is 0 Å².